The first-order valence-electron chi connectivity index (χ1n) is 12.1. The van der Waals surface area contributed by atoms with Gasteiger partial charge in [-0.25, -0.2) is 4.98 Å². The minimum atomic E-state index is -0.653. The number of benzene rings is 1. The minimum absolute atomic E-state index is 0.0690. The number of carbonyl (C=O) groups is 1. The maximum atomic E-state index is 11.6. The second kappa shape index (κ2) is 10.6. The third kappa shape index (κ3) is 5.53. The predicted octanol–water partition coefficient (Wildman–Crippen LogP) is 2.50. The van der Waals surface area contributed by atoms with E-state index in [1.54, 1.807) is 19.4 Å². The molecule has 2 unspecified atom stereocenters. The number of aliphatic hydroxyl groups excluding tert-OH is 1. The lowest BCUT2D eigenvalue weighted by Crippen LogP contribution is -2.41. The molecule has 2 aliphatic heterocycles. The van der Waals surface area contributed by atoms with Crippen molar-refractivity contribution in [3.05, 3.63) is 53.7 Å². The summed E-state index contributed by atoms with van der Waals surface area (Å²) in [5.41, 5.74) is 4.04. The average molecular weight is 478 g/mol. The highest BCUT2D eigenvalue weighted by Crippen LogP contribution is 2.29. The van der Waals surface area contributed by atoms with Crippen LogP contribution in [0.4, 0.5) is 5.69 Å². The van der Waals surface area contributed by atoms with Gasteiger partial charge in [-0.05, 0) is 61.7 Å². The summed E-state index contributed by atoms with van der Waals surface area (Å²) in [5, 5.41) is 17.5. The van der Waals surface area contributed by atoms with Crippen molar-refractivity contribution in [3.8, 4) is 11.6 Å². The number of methoxy groups -OCH3 is 1. The second-order valence-electron chi connectivity index (χ2n) is 9.20. The molecule has 0 spiro atoms. The number of hydrogen-bond donors (Lipinski definition) is 3. The number of hydrogen-bond acceptors (Lipinski definition) is 8. The van der Waals surface area contributed by atoms with Gasteiger partial charge in [0.1, 0.15) is 5.75 Å². The van der Waals surface area contributed by atoms with E-state index in [1.165, 1.54) is 0 Å². The molecule has 3 aromatic rings. The number of ether oxygens (including phenoxy) is 2. The Labute approximate surface area is 204 Å². The molecule has 5 rings (SSSR count). The van der Waals surface area contributed by atoms with Crippen molar-refractivity contribution in [2.24, 2.45) is 5.92 Å². The van der Waals surface area contributed by atoms with Gasteiger partial charge in [0.2, 0.25) is 5.88 Å². The predicted molar refractivity (Wildman–Crippen MR) is 132 cm³/mol. The molecule has 1 fully saturated rings. The van der Waals surface area contributed by atoms with Crippen molar-refractivity contribution in [3.63, 3.8) is 0 Å². The molecule has 1 aromatic carbocycles. The highest BCUT2D eigenvalue weighted by atomic mass is 16.5. The molecule has 0 aliphatic carbocycles. The molecule has 0 radical (unpaired) electrons. The summed E-state index contributed by atoms with van der Waals surface area (Å²) < 4.78 is 10.7. The third-order valence-corrected chi connectivity index (χ3v) is 6.63. The number of likely N-dealkylation sites (tertiary alicyclic amines) is 1. The van der Waals surface area contributed by atoms with Crippen LogP contribution in [0, 0.1) is 5.92 Å². The number of aliphatic hydroxyl groups is 1. The normalized spacial score (nSPS) is 19.0. The molecule has 9 heteroatoms. The minimum Gasteiger partial charge on any atom is -0.482 e. The van der Waals surface area contributed by atoms with Gasteiger partial charge < -0.3 is 30.1 Å². The molecule has 1 saturated heterocycles. The quantitative estimate of drug-likeness (QED) is 0.454. The molecule has 4 heterocycles. The van der Waals surface area contributed by atoms with Gasteiger partial charge in [0.25, 0.3) is 5.91 Å². The Balaban J connectivity index is 1.15. The van der Waals surface area contributed by atoms with Gasteiger partial charge in [-0.3, -0.25) is 9.78 Å². The Bertz CT molecular complexity index is 1200. The van der Waals surface area contributed by atoms with Crippen LogP contribution < -0.4 is 20.1 Å². The zero-order valence-electron chi connectivity index (χ0n) is 19.9. The maximum absolute atomic E-state index is 11.6. The van der Waals surface area contributed by atoms with Crippen LogP contribution in [0.2, 0.25) is 0 Å². The second-order valence-corrected chi connectivity index (χ2v) is 9.20. The number of rotatable bonds is 8. The van der Waals surface area contributed by atoms with Gasteiger partial charge in [0.15, 0.2) is 6.61 Å². The lowest BCUT2D eigenvalue weighted by atomic mass is 9.97. The molecule has 9 nitrogen and oxygen atoms in total. The Morgan fingerprint density at radius 2 is 2.23 bits per heavy atom. The monoisotopic (exact) mass is 477 g/mol. The van der Waals surface area contributed by atoms with E-state index in [-0.39, 0.29) is 12.5 Å². The molecular formula is C26H31N5O4. The van der Waals surface area contributed by atoms with Gasteiger partial charge in [-0.1, -0.05) is 6.07 Å². The summed E-state index contributed by atoms with van der Waals surface area (Å²) in [7, 11) is 1.58. The zero-order chi connectivity index (χ0) is 24.2. The molecule has 35 heavy (non-hydrogen) atoms. The van der Waals surface area contributed by atoms with E-state index in [4.69, 9.17) is 9.47 Å². The number of nitrogens with one attached hydrogen (secondary N) is 2. The van der Waals surface area contributed by atoms with E-state index in [0.717, 1.165) is 61.4 Å². The van der Waals surface area contributed by atoms with Crippen molar-refractivity contribution in [1.82, 2.24) is 20.2 Å². The molecule has 0 bridgehead atoms. The van der Waals surface area contributed by atoms with E-state index in [0.29, 0.717) is 29.6 Å². The SMILES string of the molecule is COc1ccc2nccc(C(O)CN3CCCC(CNCc4ccc5c(c4)NC(=O)CO5)C3)c2n1. The fraction of sp³-hybridized carbons (Fsp3) is 0.423. The van der Waals surface area contributed by atoms with Crippen molar-refractivity contribution < 1.29 is 19.4 Å². The van der Waals surface area contributed by atoms with Crippen molar-refractivity contribution in [2.45, 2.75) is 25.5 Å². The maximum Gasteiger partial charge on any atom is 0.262 e. The number of carbonyl (C=O) groups excluding carboxylic acids is 1. The summed E-state index contributed by atoms with van der Waals surface area (Å²) in [5.74, 6) is 1.60. The first kappa shape index (κ1) is 23.5. The number of β-amino-alcohol motifs (C(OH)–C–C–N with tert-alkyl or cyclic N) is 1. The largest absolute Gasteiger partial charge is 0.482 e. The van der Waals surface area contributed by atoms with E-state index >= 15 is 0 Å². The van der Waals surface area contributed by atoms with Crippen molar-refractivity contribution in [1.29, 1.82) is 0 Å². The van der Waals surface area contributed by atoms with Gasteiger partial charge in [-0.15, -0.1) is 0 Å². The Morgan fingerprint density at radius 1 is 1.31 bits per heavy atom. The molecule has 2 aromatic heterocycles. The zero-order valence-corrected chi connectivity index (χ0v) is 19.9. The van der Waals surface area contributed by atoms with Crippen LogP contribution in [0.15, 0.2) is 42.6 Å². The van der Waals surface area contributed by atoms with E-state index < -0.39 is 6.10 Å². The first-order chi connectivity index (χ1) is 17.1. The fourth-order valence-corrected chi connectivity index (χ4v) is 4.90. The van der Waals surface area contributed by atoms with Gasteiger partial charge in [0, 0.05) is 37.5 Å². The van der Waals surface area contributed by atoms with Crippen LogP contribution in [0.25, 0.3) is 11.0 Å². The molecule has 0 saturated carbocycles. The highest BCUT2D eigenvalue weighted by molar-refractivity contribution is 5.95. The van der Waals surface area contributed by atoms with Crippen LogP contribution in [0.1, 0.15) is 30.1 Å². The Hall–Kier alpha value is -3.27. The number of aromatic nitrogens is 2. The summed E-state index contributed by atoms with van der Waals surface area (Å²) in [6.45, 7) is 4.14. The summed E-state index contributed by atoms with van der Waals surface area (Å²) in [6, 6.07) is 11.4. The topological polar surface area (TPSA) is 109 Å². The van der Waals surface area contributed by atoms with Crippen LogP contribution >= 0.6 is 0 Å². The number of amides is 1. The molecule has 1 amide bonds. The van der Waals surface area contributed by atoms with Crippen LogP contribution in [0.5, 0.6) is 11.6 Å². The summed E-state index contributed by atoms with van der Waals surface area (Å²) in [4.78, 5) is 22.8. The van der Waals surface area contributed by atoms with E-state index in [1.807, 2.05) is 30.3 Å². The number of piperidine rings is 1. The average Bonchev–Trinajstić information content (AvgIpc) is 2.88. The molecule has 184 valence electrons. The lowest BCUT2D eigenvalue weighted by molar-refractivity contribution is -0.118. The standard InChI is InChI=1S/C26H31N5O4/c1-34-25-7-5-20-26(30-25)19(8-9-28-20)22(32)15-31-10-2-3-18(14-31)13-27-12-17-4-6-23-21(11-17)29-24(33)16-35-23/h4-9,11,18,22,27,32H,2-3,10,12-16H2,1H3,(H,29,33). The lowest BCUT2D eigenvalue weighted by Gasteiger charge is -2.34. The highest BCUT2D eigenvalue weighted by Gasteiger charge is 2.24. The summed E-state index contributed by atoms with van der Waals surface area (Å²) >= 11 is 0. The van der Waals surface area contributed by atoms with Gasteiger partial charge in [-0.2, -0.15) is 0 Å². The summed E-state index contributed by atoms with van der Waals surface area (Å²) in [6.07, 6.45) is 3.32. The van der Waals surface area contributed by atoms with Crippen molar-refractivity contribution >= 4 is 22.6 Å². The van der Waals surface area contributed by atoms with Gasteiger partial charge in [0.05, 0.1) is 29.9 Å². The molecule has 3 N–H and O–H groups in total. The Morgan fingerprint density at radius 3 is 3.11 bits per heavy atom. The number of nitrogens with zero attached hydrogens (tertiary/aromatic N) is 3. The molecule has 2 atom stereocenters. The first-order valence-corrected chi connectivity index (χ1v) is 12.1. The van der Waals surface area contributed by atoms with Crippen molar-refractivity contribution in [2.75, 3.05) is 45.2 Å². The fourth-order valence-electron chi connectivity index (χ4n) is 4.90. The van der Waals surface area contributed by atoms with Crippen LogP contribution in [0.3, 0.4) is 0 Å². The van der Waals surface area contributed by atoms with E-state index in [9.17, 15) is 9.90 Å². The van der Waals surface area contributed by atoms with E-state index in [2.05, 4.69) is 25.5 Å². The number of fused-ring (bicyclic) bond motifs is 2. The van der Waals surface area contributed by atoms with Crippen LogP contribution in [-0.2, 0) is 11.3 Å². The number of pyridine rings is 2. The smallest absolute Gasteiger partial charge is 0.262 e. The van der Waals surface area contributed by atoms with Crippen LogP contribution in [-0.4, -0.2) is 65.8 Å². The molecular weight excluding hydrogens is 446 g/mol. The van der Waals surface area contributed by atoms with Gasteiger partial charge >= 0.3 is 0 Å². The number of anilines is 1. The molecule has 2 aliphatic rings. The Kier molecular flexibility index (Phi) is 7.08. The third-order valence-electron chi connectivity index (χ3n) is 6.63.